The molecule has 0 spiro atoms. The van der Waals surface area contributed by atoms with Gasteiger partial charge in [-0.1, -0.05) is 0 Å². The molecule has 0 saturated heterocycles. The normalized spacial score (nSPS) is 11.8. The second-order valence-corrected chi connectivity index (χ2v) is 4.42. The molecule has 0 N–H and O–H groups in total. The molecule has 1 aromatic heterocycles. The highest BCUT2D eigenvalue weighted by atomic mass is 127. The van der Waals surface area contributed by atoms with E-state index < -0.39 is 35.4 Å². The molecule has 0 fully saturated rings. The summed E-state index contributed by atoms with van der Waals surface area (Å²) >= 11 is 1.39. The molecule has 0 aromatic carbocycles. The van der Waals surface area contributed by atoms with Crippen LogP contribution in [0, 0.1) is 3.57 Å². The number of carbonyl (C=O) groups is 1. The van der Waals surface area contributed by atoms with Crippen molar-refractivity contribution in [1.82, 2.24) is 4.98 Å². The maximum absolute atomic E-state index is 12.8. The summed E-state index contributed by atoms with van der Waals surface area (Å²) < 4.78 is 68.0. The van der Waals surface area contributed by atoms with E-state index in [4.69, 9.17) is 0 Å². The highest BCUT2D eigenvalue weighted by Crippen LogP contribution is 2.37. The summed E-state index contributed by atoms with van der Waals surface area (Å²) in [6, 6.07) is 0. The van der Waals surface area contributed by atoms with E-state index in [1.165, 1.54) is 29.5 Å². The Balaban J connectivity index is 3.59. The van der Waals surface area contributed by atoms with Gasteiger partial charge in [0.25, 0.3) is 6.43 Å². The fraction of sp³-hybridized carbons (Fsp3) is 0.400. The van der Waals surface area contributed by atoms with Gasteiger partial charge in [-0.3, -0.25) is 0 Å². The van der Waals surface area contributed by atoms with Gasteiger partial charge in [0.1, 0.15) is 5.56 Å². The third kappa shape index (κ3) is 3.51. The molecule has 1 aromatic rings. The molecule has 0 amide bonds. The van der Waals surface area contributed by atoms with Gasteiger partial charge in [-0.15, -0.1) is 0 Å². The molecule has 0 atom stereocenters. The van der Waals surface area contributed by atoms with Gasteiger partial charge in [0.15, 0.2) is 5.69 Å². The molecule has 1 rings (SSSR count). The van der Waals surface area contributed by atoms with E-state index >= 15 is 0 Å². The van der Waals surface area contributed by atoms with Crippen LogP contribution in [0.1, 0.15) is 35.0 Å². The molecule has 19 heavy (non-hydrogen) atoms. The first-order valence-corrected chi connectivity index (χ1v) is 5.98. The smallest absolute Gasteiger partial charge is 0.434 e. The fourth-order valence-corrected chi connectivity index (χ4v) is 1.98. The van der Waals surface area contributed by atoms with Crippen LogP contribution in [0.4, 0.5) is 22.0 Å². The molecule has 0 saturated carbocycles. The van der Waals surface area contributed by atoms with Crippen LogP contribution in [-0.2, 0) is 10.9 Å². The summed E-state index contributed by atoms with van der Waals surface area (Å²) in [5.41, 5.74) is -3.90. The van der Waals surface area contributed by atoms with E-state index in [-0.39, 0.29) is 10.2 Å². The van der Waals surface area contributed by atoms with Crippen molar-refractivity contribution in [1.29, 1.82) is 0 Å². The van der Waals surface area contributed by atoms with Gasteiger partial charge in [-0.05, 0) is 29.5 Å². The van der Waals surface area contributed by atoms with Crippen molar-refractivity contribution in [2.75, 3.05) is 6.61 Å². The number of alkyl halides is 5. The quantitative estimate of drug-likeness (QED) is 0.444. The summed E-state index contributed by atoms with van der Waals surface area (Å²) in [5.74, 6) is -1.46. The second kappa shape index (κ2) is 5.97. The Hall–Kier alpha value is -1.00. The molecule has 9 heteroatoms. The summed E-state index contributed by atoms with van der Waals surface area (Å²) in [7, 11) is 0. The number of hydrogen-bond acceptors (Lipinski definition) is 3. The third-order valence-corrected chi connectivity index (χ3v) is 2.90. The Morgan fingerprint density at radius 3 is 2.47 bits per heavy atom. The lowest BCUT2D eigenvalue weighted by Crippen LogP contribution is -2.20. The van der Waals surface area contributed by atoms with Crippen LogP contribution in [-0.4, -0.2) is 17.6 Å². The Labute approximate surface area is 118 Å². The molecule has 0 bridgehead atoms. The lowest BCUT2D eigenvalue weighted by molar-refractivity contribution is -0.141. The minimum Gasteiger partial charge on any atom is -0.462 e. The van der Waals surface area contributed by atoms with Crippen LogP contribution >= 0.6 is 22.6 Å². The Morgan fingerprint density at radius 2 is 2.05 bits per heavy atom. The van der Waals surface area contributed by atoms with E-state index in [9.17, 15) is 26.7 Å². The summed E-state index contributed by atoms with van der Waals surface area (Å²) in [6.45, 7) is 1.12. The molecule has 0 aliphatic rings. The predicted molar refractivity (Wildman–Crippen MR) is 62.9 cm³/mol. The number of hydrogen-bond donors (Lipinski definition) is 0. The standard InChI is InChI=1S/C10H7F5INO2/c1-2-19-9(18)6-5(8(11)12)4(16)3-17-7(6)10(13,14)15/h3,8H,2H2,1H3. The van der Waals surface area contributed by atoms with Crippen LogP contribution in [0.2, 0.25) is 0 Å². The molecule has 1 heterocycles. The number of nitrogens with zero attached hydrogens (tertiary/aromatic N) is 1. The summed E-state index contributed by atoms with van der Waals surface area (Å²) in [6.07, 6.45) is -7.61. The first-order valence-electron chi connectivity index (χ1n) is 4.91. The van der Waals surface area contributed by atoms with Gasteiger partial charge in [0.05, 0.1) is 6.61 Å². The van der Waals surface area contributed by atoms with Crippen molar-refractivity contribution in [2.24, 2.45) is 0 Å². The summed E-state index contributed by atoms with van der Waals surface area (Å²) in [4.78, 5) is 14.5. The van der Waals surface area contributed by atoms with Crippen LogP contribution in [0.25, 0.3) is 0 Å². The first kappa shape index (κ1) is 16.1. The molecular formula is C10H7F5INO2. The maximum atomic E-state index is 12.8. The number of rotatable bonds is 3. The minimum atomic E-state index is -5.02. The number of aromatic nitrogens is 1. The zero-order chi connectivity index (χ0) is 14.8. The van der Waals surface area contributed by atoms with Gasteiger partial charge in [-0.2, -0.15) is 13.2 Å². The van der Waals surface area contributed by atoms with E-state index in [0.29, 0.717) is 6.20 Å². The van der Waals surface area contributed by atoms with E-state index in [1.54, 1.807) is 0 Å². The highest BCUT2D eigenvalue weighted by Gasteiger charge is 2.41. The number of pyridine rings is 1. The average molecular weight is 395 g/mol. The zero-order valence-corrected chi connectivity index (χ0v) is 11.6. The zero-order valence-electron chi connectivity index (χ0n) is 9.39. The summed E-state index contributed by atoms with van der Waals surface area (Å²) in [5, 5.41) is 0. The number of carbonyl (C=O) groups excluding carboxylic acids is 1. The van der Waals surface area contributed by atoms with Gasteiger partial charge in [-0.25, -0.2) is 18.6 Å². The Morgan fingerprint density at radius 1 is 1.47 bits per heavy atom. The van der Waals surface area contributed by atoms with Crippen LogP contribution in [0.5, 0.6) is 0 Å². The third-order valence-electron chi connectivity index (χ3n) is 2.04. The lowest BCUT2D eigenvalue weighted by Gasteiger charge is -2.15. The molecule has 0 aliphatic carbocycles. The number of ether oxygens (including phenoxy) is 1. The van der Waals surface area contributed by atoms with Crippen molar-refractivity contribution in [2.45, 2.75) is 19.5 Å². The Kier molecular flexibility index (Phi) is 5.04. The average Bonchev–Trinajstić information content (AvgIpc) is 2.26. The highest BCUT2D eigenvalue weighted by molar-refractivity contribution is 14.1. The molecule has 3 nitrogen and oxygen atoms in total. The van der Waals surface area contributed by atoms with Crippen molar-refractivity contribution < 1.29 is 31.5 Å². The SMILES string of the molecule is CCOC(=O)c1c(C(F)(F)F)ncc(I)c1C(F)F. The van der Waals surface area contributed by atoms with Gasteiger partial charge < -0.3 is 4.74 Å². The van der Waals surface area contributed by atoms with Gasteiger partial charge in [0, 0.05) is 15.3 Å². The second-order valence-electron chi connectivity index (χ2n) is 3.26. The van der Waals surface area contributed by atoms with Crippen LogP contribution < -0.4 is 0 Å². The van der Waals surface area contributed by atoms with Crippen LogP contribution in [0.3, 0.4) is 0 Å². The van der Waals surface area contributed by atoms with Gasteiger partial charge in [0.2, 0.25) is 0 Å². The van der Waals surface area contributed by atoms with Gasteiger partial charge >= 0.3 is 12.1 Å². The van der Waals surface area contributed by atoms with Crippen molar-refractivity contribution in [3.8, 4) is 0 Å². The molecule has 0 radical (unpaired) electrons. The van der Waals surface area contributed by atoms with Crippen molar-refractivity contribution in [3.05, 3.63) is 26.6 Å². The monoisotopic (exact) mass is 395 g/mol. The van der Waals surface area contributed by atoms with E-state index in [1.807, 2.05) is 0 Å². The number of esters is 1. The molecular weight excluding hydrogens is 388 g/mol. The fourth-order valence-electron chi connectivity index (χ4n) is 1.34. The molecule has 0 aliphatic heterocycles. The van der Waals surface area contributed by atoms with Crippen molar-refractivity contribution in [3.63, 3.8) is 0 Å². The van der Waals surface area contributed by atoms with E-state index in [2.05, 4.69) is 9.72 Å². The first-order chi connectivity index (χ1) is 8.70. The lowest BCUT2D eigenvalue weighted by atomic mass is 10.1. The minimum absolute atomic E-state index is 0.232. The van der Waals surface area contributed by atoms with Crippen molar-refractivity contribution >= 4 is 28.6 Å². The largest absolute Gasteiger partial charge is 0.462 e. The maximum Gasteiger partial charge on any atom is 0.434 e. The molecule has 0 unspecified atom stereocenters. The Bertz CT molecular complexity index is 490. The number of halogens is 6. The predicted octanol–water partition coefficient (Wildman–Crippen LogP) is 3.82. The molecule has 106 valence electrons. The topological polar surface area (TPSA) is 39.2 Å². The van der Waals surface area contributed by atoms with E-state index in [0.717, 1.165) is 0 Å². The van der Waals surface area contributed by atoms with Crippen LogP contribution in [0.15, 0.2) is 6.20 Å².